The van der Waals surface area contributed by atoms with Gasteiger partial charge in [0.1, 0.15) is 12.4 Å². The summed E-state index contributed by atoms with van der Waals surface area (Å²) in [6, 6.07) is 21.8. The van der Waals surface area contributed by atoms with Crippen LogP contribution in [0, 0.1) is 5.82 Å². The first-order chi connectivity index (χ1) is 13.3. The molecule has 1 atom stereocenters. The number of nitrogens with zero attached hydrogens (tertiary/aromatic N) is 1. The van der Waals surface area contributed by atoms with Crippen molar-refractivity contribution in [3.8, 4) is 11.1 Å². The number of ether oxygens (including phenoxy) is 1. The van der Waals surface area contributed by atoms with Crippen molar-refractivity contribution >= 4 is 11.7 Å². The second-order valence-corrected chi connectivity index (χ2v) is 6.94. The van der Waals surface area contributed by atoms with Crippen LogP contribution in [0.5, 0.6) is 0 Å². The third-order valence-corrected chi connectivity index (χ3v) is 5.30. The lowest BCUT2D eigenvalue weighted by Gasteiger charge is -2.24. The highest BCUT2D eigenvalue weighted by Crippen LogP contribution is 2.36. The van der Waals surface area contributed by atoms with E-state index in [1.165, 1.54) is 23.3 Å². The number of benzene rings is 3. The summed E-state index contributed by atoms with van der Waals surface area (Å²) < 4.78 is 19.2. The average molecular weight is 358 g/mol. The Labute approximate surface area is 157 Å². The lowest BCUT2D eigenvalue weighted by molar-refractivity contribution is 0.283. The Morgan fingerprint density at radius 1 is 0.963 bits per heavy atom. The van der Waals surface area contributed by atoms with E-state index in [4.69, 9.17) is 9.73 Å². The Hall–Kier alpha value is -3.14. The van der Waals surface area contributed by atoms with E-state index in [0.29, 0.717) is 12.6 Å². The van der Waals surface area contributed by atoms with Gasteiger partial charge in [0.2, 0.25) is 0 Å². The van der Waals surface area contributed by atoms with Crippen molar-refractivity contribution in [2.75, 3.05) is 5.32 Å². The van der Waals surface area contributed by atoms with Gasteiger partial charge in [-0.25, -0.2) is 9.38 Å². The number of aryl methyl sites for hydroxylation is 1. The SMILES string of the molecule is Fc1ccc(-c2cccc3c2COC(=NC2CCc4ccccc42)N3)cc1. The van der Waals surface area contributed by atoms with E-state index in [1.54, 1.807) is 12.1 Å². The van der Waals surface area contributed by atoms with Crippen molar-refractivity contribution in [1.29, 1.82) is 0 Å². The van der Waals surface area contributed by atoms with Gasteiger partial charge in [0, 0.05) is 11.3 Å². The summed E-state index contributed by atoms with van der Waals surface area (Å²) in [7, 11) is 0. The van der Waals surface area contributed by atoms with E-state index in [9.17, 15) is 4.39 Å². The Morgan fingerprint density at radius 3 is 2.70 bits per heavy atom. The fraction of sp³-hybridized carbons (Fsp3) is 0.174. The average Bonchev–Trinajstić information content (AvgIpc) is 3.11. The molecule has 0 saturated heterocycles. The summed E-state index contributed by atoms with van der Waals surface area (Å²) in [6.07, 6.45) is 2.07. The normalized spacial score (nSPS) is 19.1. The summed E-state index contributed by atoms with van der Waals surface area (Å²) in [4.78, 5) is 4.82. The monoisotopic (exact) mass is 358 g/mol. The first kappa shape index (κ1) is 16.1. The summed E-state index contributed by atoms with van der Waals surface area (Å²) in [5, 5.41) is 3.33. The molecule has 0 saturated carbocycles. The van der Waals surface area contributed by atoms with E-state index in [-0.39, 0.29) is 11.9 Å². The minimum Gasteiger partial charge on any atom is -0.460 e. The molecule has 2 aliphatic rings. The molecule has 3 aromatic rings. The topological polar surface area (TPSA) is 33.6 Å². The van der Waals surface area contributed by atoms with Gasteiger partial charge in [-0.15, -0.1) is 0 Å². The van der Waals surface area contributed by atoms with E-state index in [2.05, 4.69) is 29.6 Å². The third kappa shape index (κ3) is 2.97. The van der Waals surface area contributed by atoms with Crippen molar-refractivity contribution in [2.45, 2.75) is 25.5 Å². The van der Waals surface area contributed by atoms with Gasteiger partial charge in [0.15, 0.2) is 0 Å². The Morgan fingerprint density at radius 2 is 1.81 bits per heavy atom. The van der Waals surface area contributed by atoms with Crippen molar-refractivity contribution in [3.05, 3.63) is 89.2 Å². The van der Waals surface area contributed by atoms with Crippen molar-refractivity contribution in [2.24, 2.45) is 4.99 Å². The summed E-state index contributed by atoms with van der Waals surface area (Å²) >= 11 is 0. The second kappa shape index (κ2) is 6.54. The number of halogens is 1. The number of amidine groups is 1. The molecule has 0 bridgehead atoms. The molecule has 3 aromatic carbocycles. The van der Waals surface area contributed by atoms with Crippen molar-refractivity contribution in [3.63, 3.8) is 0 Å². The van der Waals surface area contributed by atoms with Gasteiger partial charge in [-0.1, -0.05) is 48.5 Å². The zero-order valence-corrected chi connectivity index (χ0v) is 14.8. The summed E-state index contributed by atoms with van der Waals surface area (Å²) in [6.45, 7) is 0.448. The van der Waals surface area contributed by atoms with E-state index in [0.717, 1.165) is 35.2 Å². The molecule has 3 nitrogen and oxygen atoms in total. The zero-order valence-electron chi connectivity index (χ0n) is 14.8. The maximum Gasteiger partial charge on any atom is 0.290 e. The van der Waals surface area contributed by atoms with Gasteiger partial charge < -0.3 is 10.1 Å². The van der Waals surface area contributed by atoms with Gasteiger partial charge in [-0.3, -0.25) is 0 Å². The molecule has 1 heterocycles. The van der Waals surface area contributed by atoms with Crippen LogP contribution in [0.3, 0.4) is 0 Å². The molecule has 5 rings (SSSR count). The lowest BCUT2D eigenvalue weighted by atomic mass is 9.98. The van der Waals surface area contributed by atoms with E-state index < -0.39 is 0 Å². The van der Waals surface area contributed by atoms with Gasteiger partial charge >= 0.3 is 0 Å². The van der Waals surface area contributed by atoms with Crippen LogP contribution in [0.4, 0.5) is 10.1 Å². The van der Waals surface area contributed by atoms with Gasteiger partial charge in [-0.05, 0) is 53.3 Å². The van der Waals surface area contributed by atoms with Crippen LogP contribution in [0.15, 0.2) is 71.7 Å². The predicted molar refractivity (Wildman–Crippen MR) is 105 cm³/mol. The van der Waals surface area contributed by atoms with Crippen LogP contribution >= 0.6 is 0 Å². The van der Waals surface area contributed by atoms with Crippen molar-refractivity contribution in [1.82, 2.24) is 0 Å². The van der Waals surface area contributed by atoms with Crippen LogP contribution < -0.4 is 5.32 Å². The number of aliphatic imine (C=N–C) groups is 1. The minimum absolute atomic E-state index is 0.144. The number of fused-ring (bicyclic) bond motifs is 2. The number of anilines is 1. The van der Waals surface area contributed by atoms with E-state index in [1.807, 2.05) is 18.2 Å². The fourth-order valence-electron chi connectivity index (χ4n) is 3.93. The van der Waals surface area contributed by atoms with Gasteiger partial charge in [0.05, 0.1) is 6.04 Å². The predicted octanol–water partition coefficient (Wildman–Crippen LogP) is 5.48. The van der Waals surface area contributed by atoms with Crippen LogP contribution in [0.25, 0.3) is 11.1 Å². The van der Waals surface area contributed by atoms with Crippen LogP contribution in [0.1, 0.15) is 29.2 Å². The highest BCUT2D eigenvalue weighted by Gasteiger charge is 2.24. The van der Waals surface area contributed by atoms with Crippen LogP contribution in [0.2, 0.25) is 0 Å². The smallest absolute Gasteiger partial charge is 0.290 e. The molecular weight excluding hydrogens is 339 g/mol. The fourth-order valence-corrected chi connectivity index (χ4v) is 3.93. The number of nitrogens with one attached hydrogen (secondary N) is 1. The highest BCUT2D eigenvalue weighted by atomic mass is 19.1. The maximum atomic E-state index is 13.2. The molecule has 0 fully saturated rings. The molecule has 1 unspecified atom stereocenters. The van der Waals surface area contributed by atoms with Gasteiger partial charge in [0.25, 0.3) is 6.02 Å². The first-order valence-corrected chi connectivity index (χ1v) is 9.21. The number of hydrogen-bond donors (Lipinski definition) is 1. The zero-order chi connectivity index (χ0) is 18.2. The molecule has 0 aromatic heterocycles. The molecule has 1 N–H and O–H groups in total. The first-order valence-electron chi connectivity index (χ1n) is 9.21. The Balaban J connectivity index is 1.44. The summed E-state index contributed by atoms with van der Waals surface area (Å²) in [5.41, 5.74) is 6.75. The molecule has 1 aliphatic heterocycles. The maximum absolute atomic E-state index is 13.2. The minimum atomic E-state index is -0.232. The largest absolute Gasteiger partial charge is 0.460 e. The van der Waals surface area contributed by atoms with Crippen LogP contribution in [-0.2, 0) is 17.8 Å². The molecule has 0 radical (unpaired) electrons. The number of rotatable bonds is 2. The summed E-state index contributed by atoms with van der Waals surface area (Å²) in [5.74, 6) is -0.232. The molecule has 1 aliphatic carbocycles. The molecule has 27 heavy (non-hydrogen) atoms. The third-order valence-electron chi connectivity index (χ3n) is 5.30. The van der Waals surface area contributed by atoms with Crippen molar-refractivity contribution < 1.29 is 9.13 Å². The Bertz CT molecular complexity index is 1030. The Kier molecular flexibility index (Phi) is 3.89. The molecule has 0 spiro atoms. The lowest BCUT2D eigenvalue weighted by Crippen LogP contribution is -2.23. The van der Waals surface area contributed by atoms with E-state index >= 15 is 0 Å². The molecule has 134 valence electrons. The number of hydrogen-bond acceptors (Lipinski definition) is 2. The highest BCUT2D eigenvalue weighted by molar-refractivity contribution is 5.93. The molecule has 0 amide bonds. The van der Waals surface area contributed by atoms with Crippen LogP contribution in [-0.4, -0.2) is 6.02 Å². The molecular formula is C23H19FN2O. The van der Waals surface area contributed by atoms with Gasteiger partial charge in [-0.2, -0.15) is 0 Å². The second-order valence-electron chi connectivity index (χ2n) is 6.94. The quantitative estimate of drug-likeness (QED) is 0.658. The molecule has 4 heteroatoms. The standard InChI is InChI=1S/C23H19FN2O/c24-17-11-8-16(9-12-17)18-6-3-7-21-20(18)14-27-23(25-21)26-22-13-10-15-4-1-2-5-19(15)22/h1-9,11-12,22H,10,13-14H2,(H,25,26).